The van der Waals surface area contributed by atoms with Crippen LogP contribution in [0.5, 0.6) is 0 Å². The summed E-state index contributed by atoms with van der Waals surface area (Å²) < 4.78 is 5.83. The van der Waals surface area contributed by atoms with Crippen molar-refractivity contribution in [3.05, 3.63) is 12.7 Å². The Hall–Kier alpha value is -2.83. The molecule has 0 aromatic carbocycles. The van der Waals surface area contributed by atoms with Gasteiger partial charge in [-0.1, -0.05) is 58.3 Å². The van der Waals surface area contributed by atoms with Crippen LogP contribution in [-0.4, -0.2) is 79.1 Å². The second-order valence-electron chi connectivity index (χ2n) is 9.66. The number of hydrogen-bond donors (Lipinski definition) is 6. The molecule has 3 rings (SSSR count). The van der Waals surface area contributed by atoms with Gasteiger partial charge in [0.05, 0.1) is 25.0 Å². The molecule has 1 aliphatic heterocycles. The first-order valence-corrected chi connectivity index (χ1v) is 13.4. The molecule has 6 N–H and O–H groups in total. The average Bonchev–Trinajstić information content (AvgIpc) is 3.37. The van der Waals surface area contributed by atoms with E-state index in [-0.39, 0.29) is 12.5 Å². The maximum Gasteiger partial charge on any atom is 0.239 e. The number of carbonyl (C=O) groups excluding carboxylic acids is 2. The lowest BCUT2D eigenvalue weighted by Gasteiger charge is -2.42. The van der Waals surface area contributed by atoms with E-state index in [0.717, 1.165) is 19.3 Å². The lowest BCUT2D eigenvalue weighted by molar-refractivity contribution is -0.172. The molecule has 1 aliphatic rings. The largest absolute Gasteiger partial charge is 0.388 e. The Kier molecular flexibility index (Phi) is 11.5. The van der Waals surface area contributed by atoms with Crippen LogP contribution in [0.15, 0.2) is 12.7 Å². The number of hydrogen-bond acceptors (Lipinski definition) is 9. The molecule has 0 saturated carbocycles. The molecule has 0 bridgehead atoms. The van der Waals surface area contributed by atoms with Gasteiger partial charge in [-0.05, 0) is 13.3 Å². The average molecular weight is 520 g/mol. The summed E-state index contributed by atoms with van der Waals surface area (Å²) >= 11 is 0. The Morgan fingerprint density at radius 1 is 0.973 bits per heavy atom. The monoisotopic (exact) mass is 519 g/mol. The van der Waals surface area contributed by atoms with Gasteiger partial charge in [0.1, 0.15) is 24.1 Å². The number of anilines is 1. The van der Waals surface area contributed by atoms with E-state index >= 15 is 0 Å². The predicted molar refractivity (Wildman–Crippen MR) is 138 cm³/mol. The van der Waals surface area contributed by atoms with Gasteiger partial charge >= 0.3 is 0 Å². The van der Waals surface area contributed by atoms with Crippen molar-refractivity contribution in [2.75, 3.05) is 11.9 Å². The molecular formula is C25H41N7O5. The molecule has 3 heterocycles. The number of nitrogens with zero attached hydrogens (tertiary/aromatic N) is 3. The van der Waals surface area contributed by atoms with Crippen LogP contribution in [0.1, 0.15) is 78.1 Å². The summed E-state index contributed by atoms with van der Waals surface area (Å²) in [5, 5.41) is 29.5. The van der Waals surface area contributed by atoms with Crippen LogP contribution in [0, 0.1) is 0 Å². The molecule has 2 aromatic rings. The fourth-order valence-electron chi connectivity index (χ4n) is 4.50. The second-order valence-corrected chi connectivity index (χ2v) is 9.66. The SMILES string of the molecule is CCCCCCCCCCCC(=O)NCC(=O)N[C@H]1[C@H](O)[C@H](O)[C@H](Nc2ncnc3nc[nH]c23)O[C@@H]1C. The maximum atomic E-state index is 12.4. The van der Waals surface area contributed by atoms with Gasteiger partial charge in [-0.3, -0.25) is 9.59 Å². The van der Waals surface area contributed by atoms with Crippen LogP contribution in [0.2, 0.25) is 0 Å². The highest BCUT2D eigenvalue weighted by Crippen LogP contribution is 2.24. The van der Waals surface area contributed by atoms with Crippen LogP contribution in [0.4, 0.5) is 5.82 Å². The summed E-state index contributed by atoms with van der Waals surface area (Å²) in [7, 11) is 0. The van der Waals surface area contributed by atoms with Gasteiger partial charge in [0.15, 0.2) is 17.7 Å². The first-order chi connectivity index (χ1) is 17.9. The second kappa shape index (κ2) is 14.8. The molecule has 2 amide bonds. The molecule has 1 fully saturated rings. The summed E-state index contributed by atoms with van der Waals surface area (Å²) in [6, 6.07) is -0.854. The lowest BCUT2D eigenvalue weighted by Crippen LogP contribution is -2.64. The number of carbonyl (C=O) groups is 2. The number of imidazole rings is 1. The Bertz CT molecular complexity index is 987. The number of fused-ring (bicyclic) bond motifs is 1. The van der Waals surface area contributed by atoms with Crippen molar-refractivity contribution in [3.8, 4) is 0 Å². The van der Waals surface area contributed by atoms with Gasteiger partial charge in [-0.25, -0.2) is 15.0 Å². The highest BCUT2D eigenvalue weighted by atomic mass is 16.5. The van der Waals surface area contributed by atoms with Crippen molar-refractivity contribution >= 4 is 28.8 Å². The van der Waals surface area contributed by atoms with Crippen molar-refractivity contribution in [2.45, 2.75) is 109 Å². The fraction of sp³-hybridized carbons (Fsp3) is 0.720. The number of H-pyrrole nitrogens is 1. The number of amides is 2. The maximum absolute atomic E-state index is 12.4. The first-order valence-electron chi connectivity index (χ1n) is 13.4. The summed E-state index contributed by atoms with van der Waals surface area (Å²) in [6.45, 7) is 3.69. The van der Waals surface area contributed by atoms with Gasteiger partial charge in [-0.15, -0.1) is 0 Å². The molecule has 37 heavy (non-hydrogen) atoms. The Morgan fingerprint density at radius 2 is 1.68 bits per heavy atom. The number of aliphatic hydroxyl groups is 2. The van der Waals surface area contributed by atoms with Crippen molar-refractivity contribution in [1.82, 2.24) is 30.6 Å². The number of aromatic nitrogens is 4. The third-order valence-electron chi connectivity index (χ3n) is 6.68. The predicted octanol–water partition coefficient (Wildman–Crippen LogP) is 1.75. The van der Waals surface area contributed by atoms with E-state index in [2.05, 4.69) is 42.8 Å². The number of nitrogens with one attached hydrogen (secondary N) is 4. The zero-order valence-corrected chi connectivity index (χ0v) is 21.8. The minimum absolute atomic E-state index is 0.175. The molecule has 0 spiro atoms. The fourth-order valence-corrected chi connectivity index (χ4v) is 4.50. The van der Waals surface area contributed by atoms with Crippen molar-refractivity contribution < 1.29 is 24.5 Å². The van der Waals surface area contributed by atoms with E-state index in [9.17, 15) is 19.8 Å². The van der Waals surface area contributed by atoms with Crippen LogP contribution in [0.25, 0.3) is 11.2 Å². The van der Waals surface area contributed by atoms with Crippen molar-refractivity contribution in [3.63, 3.8) is 0 Å². The minimum atomic E-state index is -1.35. The van der Waals surface area contributed by atoms with Crippen LogP contribution >= 0.6 is 0 Å². The number of rotatable bonds is 15. The molecule has 0 aliphatic carbocycles. The lowest BCUT2D eigenvalue weighted by atomic mass is 9.96. The van der Waals surface area contributed by atoms with E-state index in [1.54, 1.807) is 6.92 Å². The molecule has 0 radical (unpaired) electrons. The highest BCUT2D eigenvalue weighted by Gasteiger charge is 2.43. The molecule has 0 unspecified atom stereocenters. The number of aliphatic hydroxyl groups excluding tert-OH is 2. The Labute approximate surface area is 217 Å². The topological polar surface area (TPSA) is 174 Å². The molecule has 2 aromatic heterocycles. The van der Waals surface area contributed by atoms with Gasteiger partial charge in [0, 0.05) is 6.42 Å². The summed E-state index contributed by atoms with van der Waals surface area (Å²) in [6.07, 6.45) is 9.45. The zero-order valence-electron chi connectivity index (χ0n) is 21.8. The summed E-state index contributed by atoms with van der Waals surface area (Å²) in [4.78, 5) is 39.6. The molecule has 12 heteroatoms. The van der Waals surface area contributed by atoms with Gasteiger partial charge in [-0.2, -0.15) is 0 Å². The normalized spacial score (nSPS) is 23.6. The van der Waals surface area contributed by atoms with Crippen LogP contribution < -0.4 is 16.0 Å². The number of ether oxygens (including phenoxy) is 1. The van der Waals surface area contributed by atoms with E-state index in [1.165, 1.54) is 51.2 Å². The first kappa shape index (κ1) is 28.7. The van der Waals surface area contributed by atoms with E-state index in [0.29, 0.717) is 23.4 Å². The molecule has 206 valence electrons. The van der Waals surface area contributed by atoms with E-state index in [1.807, 2.05) is 0 Å². The van der Waals surface area contributed by atoms with Crippen molar-refractivity contribution in [2.24, 2.45) is 0 Å². The van der Waals surface area contributed by atoms with Gasteiger partial charge in [0.25, 0.3) is 0 Å². The van der Waals surface area contributed by atoms with Crippen LogP contribution in [-0.2, 0) is 14.3 Å². The van der Waals surface area contributed by atoms with E-state index in [4.69, 9.17) is 4.74 Å². The quantitative estimate of drug-likeness (QED) is 0.192. The Morgan fingerprint density at radius 3 is 2.41 bits per heavy atom. The standard InChI is InChI=1S/C25H41N7O5/c1-3-4-5-6-7-8-9-10-11-12-17(33)26-13-18(34)31-19-16(2)37-25(22(36)21(19)35)32-24-20-23(28-14-27-20)29-15-30-24/h14-16,19,21-22,25,35-36H,3-13H2,1-2H3,(H,26,33)(H,31,34)(H2,27,28,29,30,32)/t16-,19-,21+,22+,25-/m1/s1. The molecule has 12 nitrogen and oxygen atoms in total. The smallest absolute Gasteiger partial charge is 0.239 e. The number of unbranched alkanes of at least 4 members (excludes halogenated alkanes) is 8. The van der Waals surface area contributed by atoms with Gasteiger partial charge < -0.3 is 35.9 Å². The summed E-state index contributed by atoms with van der Waals surface area (Å²) in [5.74, 6) is -0.275. The molecule has 5 atom stereocenters. The zero-order chi connectivity index (χ0) is 26.6. The molecule has 1 saturated heterocycles. The third-order valence-corrected chi connectivity index (χ3v) is 6.68. The highest BCUT2D eigenvalue weighted by molar-refractivity contribution is 5.85. The Balaban J connectivity index is 1.35. The minimum Gasteiger partial charge on any atom is -0.388 e. The number of aromatic amines is 1. The van der Waals surface area contributed by atoms with Crippen molar-refractivity contribution in [1.29, 1.82) is 0 Å². The summed E-state index contributed by atoms with van der Waals surface area (Å²) in [5.41, 5.74) is 0.982. The van der Waals surface area contributed by atoms with Crippen LogP contribution in [0.3, 0.4) is 0 Å². The molecular weight excluding hydrogens is 478 g/mol. The van der Waals surface area contributed by atoms with E-state index < -0.39 is 36.5 Å². The third kappa shape index (κ3) is 8.61. The van der Waals surface area contributed by atoms with Gasteiger partial charge in [0.2, 0.25) is 11.8 Å².